The molecule has 2 unspecified atom stereocenters. The molecule has 0 spiro atoms. The van der Waals surface area contributed by atoms with Crippen LogP contribution in [0.2, 0.25) is 0 Å². The van der Waals surface area contributed by atoms with Crippen LogP contribution in [-0.4, -0.2) is 46.0 Å². The topological polar surface area (TPSA) is 78.1 Å². The van der Waals surface area contributed by atoms with Crippen molar-refractivity contribution in [2.45, 2.75) is 12.5 Å². The monoisotopic (exact) mass is 293 g/mol. The lowest BCUT2D eigenvalue weighted by Crippen LogP contribution is -2.36. The summed E-state index contributed by atoms with van der Waals surface area (Å²) in [6.45, 7) is 2.02. The summed E-state index contributed by atoms with van der Waals surface area (Å²) in [7, 11) is 3.34. The second-order valence-corrected chi connectivity index (χ2v) is 4.98. The fourth-order valence-corrected chi connectivity index (χ4v) is 2.30. The predicted molar refractivity (Wildman–Crippen MR) is 82.8 cm³/mol. The number of hydrogen-bond donors (Lipinski definition) is 2. The van der Waals surface area contributed by atoms with Gasteiger partial charge in [-0.05, 0) is 30.7 Å². The largest absolute Gasteiger partial charge is 0.497 e. The molecule has 0 saturated carbocycles. The standard InChI is InChI=1S/C15H23N3O3/c1-19-13-5-3-12(4-6-13)18-15(16)17-9-11-7-8-21-10-14(11)20-2/h3-6,11,14H,7-10H2,1-2H3,(H3,16,17,18). The molecule has 116 valence electrons. The molecule has 2 rings (SSSR count). The second-order valence-electron chi connectivity index (χ2n) is 4.98. The zero-order valence-electron chi connectivity index (χ0n) is 12.5. The van der Waals surface area contributed by atoms with Crippen LogP contribution in [0.3, 0.4) is 0 Å². The molecule has 6 nitrogen and oxygen atoms in total. The van der Waals surface area contributed by atoms with Crippen LogP contribution in [0.15, 0.2) is 29.3 Å². The molecule has 1 aromatic rings. The van der Waals surface area contributed by atoms with Crippen molar-refractivity contribution < 1.29 is 14.2 Å². The smallest absolute Gasteiger partial charge is 0.193 e. The molecule has 1 aromatic carbocycles. The summed E-state index contributed by atoms with van der Waals surface area (Å²) in [6.07, 6.45) is 1.04. The molecule has 0 aliphatic carbocycles. The van der Waals surface area contributed by atoms with Gasteiger partial charge in [0, 0.05) is 31.9 Å². The Morgan fingerprint density at radius 2 is 2.14 bits per heavy atom. The number of hydrogen-bond acceptors (Lipinski definition) is 4. The average Bonchev–Trinajstić information content (AvgIpc) is 2.54. The van der Waals surface area contributed by atoms with Crippen LogP contribution < -0.4 is 15.8 Å². The maximum absolute atomic E-state index is 5.92. The first kappa shape index (κ1) is 15.6. The van der Waals surface area contributed by atoms with Crippen molar-refractivity contribution in [3.05, 3.63) is 24.3 Å². The van der Waals surface area contributed by atoms with Crippen molar-refractivity contribution >= 4 is 11.6 Å². The summed E-state index contributed by atoms with van der Waals surface area (Å²) >= 11 is 0. The minimum Gasteiger partial charge on any atom is -0.497 e. The van der Waals surface area contributed by atoms with Gasteiger partial charge in [0.25, 0.3) is 0 Å². The quantitative estimate of drug-likeness (QED) is 0.635. The van der Waals surface area contributed by atoms with Crippen molar-refractivity contribution in [3.8, 4) is 5.75 Å². The van der Waals surface area contributed by atoms with Gasteiger partial charge in [-0.25, -0.2) is 0 Å². The average molecular weight is 293 g/mol. The highest BCUT2D eigenvalue weighted by molar-refractivity contribution is 5.92. The molecular weight excluding hydrogens is 270 g/mol. The second kappa shape index (κ2) is 7.85. The third-order valence-corrected chi connectivity index (χ3v) is 3.60. The molecule has 1 saturated heterocycles. The molecule has 1 aliphatic heterocycles. The van der Waals surface area contributed by atoms with E-state index in [1.165, 1.54) is 0 Å². The summed E-state index contributed by atoms with van der Waals surface area (Å²) in [4.78, 5) is 4.40. The Kier molecular flexibility index (Phi) is 5.83. The maximum atomic E-state index is 5.92. The van der Waals surface area contributed by atoms with Crippen molar-refractivity contribution in [1.29, 1.82) is 0 Å². The molecule has 1 fully saturated rings. The molecule has 0 aromatic heterocycles. The van der Waals surface area contributed by atoms with Gasteiger partial charge in [-0.2, -0.15) is 0 Å². The fourth-order valence-electron chi connectivity index (χ4n) is 2.30. The van der Waals surface area contributed by atoms with E-state index < -0.39 is 0 Å². The lowest BCUT2D eigenvalue weighted by molar-refractivity contribution is -0.0624. The van der Waals surface area contributed by atoms with Gasteiger partial charge in [-0.3, -0.25) is 4.99 Å². The van der Waals surface area contributed by atoms with E-state index in [4.69, 9.17) is 19.9 Å². The number of rotatable bonds is 5. The molecule has 0 bridgehead atoms. The number of ether oxygens (including phenoxy) is 3. The number of anilines is 1. The Hall–Kier alpha value is -1.79. The van der Waals surface area contributed by atoms with Gasteiger partial charge in [-0.1, -0.05) is 0 Å². The Bertz CT molecular complexity index is 462. The summed E-state index contributed by atoms with van der Waals surface area (Å²) < 4.78 is 15.9. The highest BCUT2D eigenvalue weighted by Gasteiger charge is 2.25. The first-order valence-corrected chi connectivity index (χ1v) is 7.04. The molecule has 21 heavy (non-hydrogen) atoms. The van der Waals surface area contributed by atoms with Crippen LogP contribution in [0, 0.1) is 5.92 Å². The molecule has 0 radical (unpaired) electrons. The fraction of sp³-hybridized carbons (Fsp3) is 0.533. The van der Waals surface area contributed by atoms with Gasteiger partial charge in [0.1, 0.15) is 5.75 Å². The summed E-state index contributed by atoms with van der Waals surface area (Å²) in [5.41, 5.74) is 6.80. The molecule has 6 heteroatoms. The van der Waals surface area contributed by atoms with E-state index in [2.05, 4.69) is 10.3 Å². The van der Waals surface area contributed by atoms with E-state index in [0.29, 0.717) is 25.0 Å². The maximum Gasteiger partial charge on any atom is 0.193 e. The normalized spacial score (nSPS) is 22.9. The van der Waals surface area contributed by atoms with Crippen LogP contribution >= 0.6 is 0 Å². The lowest BCUT2D eigenvalue weighted by atomic mass is 9.97. The Labute approximate surface area is 125 Å². The lowest BCUT2D eigenvalue weighted by Gasteiger charge is -2.29. The number of nitrogens with zero attached hydrogens (tertiary/aromatic N) is 1. The van der Waals surface area contributed by atoms with Gasteiger partial charge < -0.3 is 25.3 Å². The van der Waals surface area contributed by atoms with Gasteiger partial charge in [0.15, 0.2) is 5.96 Å². The zero-order chi connectivity index (χ0) is 15.1. The SMILES string of the molecule is COc1ccc(NC(N)=NCC2CCOCC2OC)cc1. The van der Waals surface area contributed by atoms with Crippen molar-refractivity contribution in [2.24, 2.45) is 16.6 Å². The number of benzene rings is 1. The van der Waals surface area contributed by atoms with E-state index in [9.17, 15) is 0 Å². The molecular formula is C15H23N3O3. The van der Waals surface area contributed by atoms with Gasteiger partial charge in [-0.15, -0.1) is 0 Å². The Morgan fingerprint density at radius 1 is 1.38 bits per heavy atom. The number of nitrogens with two attached hydrogens (primary N) is 1. The summed E-state index contributed by atoms with van der Waals surface area (Å²) in [5.74, 6) is 1.56. The van der Waals surface area contributed by atoms with Crippen molar-refractivity contribution in [2.75, 3.05) is 39.3 Å². The van der Waals surface area contributed by atoms with E-state index >= 15 is 0 Å². The number of nitrogens with one attached hydrogen (secondary N) is 1. The molecule has 1 aliphatic rings. The van der Waals surface area contributed by atoms with Gasteiger partial charge in [0.05, 0.1) is 19.8 Å². The Morgan fingerprint density at radius 3 is 2.81 bits per heavy atom. The van der Waals surface area contributed by atoms with Gasteiger partial charge >= 0.3 is 0 Å². The molecule has 2 atom stereocenters. The predicted octanol–water partition coefficient (Wildman–Crippen LogP) is 1.47. The summed E-state index contributed by atoms with van der Waals surface area (Å²) in [6, 6.07) is 7.53. The van der Waals surface area contributed by atoms with Crippen LogP contribution in [0.4, 0.5) is 5.69 Å². The molecule has 1 heterocycles. The highest BCUT2D eigenvalue weighted by Crippen LogP contribution is 2.18. The van der Waals surface area contributed by atoms with Crippen LogP contribution in [-0.2, 0) is 9.47 Å². The van der Waals surface area contributed by atoms with E-state index in [1.54, 1.807) is 14.2 Å². The van der Waals surface area contributed by atoms with E-state index in [0.717, 1.165) is 24.5 Å². The molecule has 0 amide bonds. The number of guanidine groups is 1. The molecule has 3 N–H and O–H groups in total. The minimum absolute atomic E-state index is 0.0938. The van der Waals surface area contributed by atoms with E-state index in [1.807, 2.05) is 24.3 Å². The highest BCUT2D eigenvalue weighted by atomic mass is 16.5. The van der Waals surface area contributed by atoms with Crippen LogP contribution in [0.25, 0.3) is 0 Å². The van der Waals surface area contributed by atoms with Crippen molar-refractivity contribution in [1.82, 2.24) is 0 Å². The van der Waals surface area contributed by atoms with Gasteiger partial charge in [0.2, 0.25) is 0 Å². The third kappa shape index (κ3) is 4.61. The first-order valence-electron chi connectivity index (χ1n) is 7.04. The zero-order valence-corrected chi connectivity index (χ0v) is 12.5. The van der Waals surface area contributed by atoms with E-state index in [-0.39, 0.29) is 6.10 Å². The minimum atomic E-state index is 0.0938. The van der Waals surface area contributed by atoms with Crippen LogP contribution in [0.1, 0.15) is 6.42 Å². The van der Waals surface area contributed by atoms with Crippen LogP contribution in [0.5, 0.6) is 5.75 Å². The van der Waals surface area contributed by atoms with Crippen molar-refractivity contribution in [3.63, 3.8) is 0 Å². The Balaban J connectivity index is 1.87. The number of methoxy groups -OCH3 is 2. The third-order valence-electron chi connectivity index (χ3n) is 3.60. The summed E-state index contributed by atoms with van der Waals surface area (Å²) in [5, 5.41) is 3.07. The number of aliphatic imine (C=N–C) groups is 1. The first-order chi connectivity index (χ1) is 10.2.